The lowest BCUT2D eigenvalue weighted by Gasteiger charge is -2.12. The van der Waals surface area contributed by atoms with Gasteiger partial charge in [0.05, 0.1) is 23.1 Å². The Hall–Kier alpha value is -3.85. The summed E-state index contributed by atoms with van der Waals surface area (Å²) in [4.78, 5) is 43.0. The van der Waals surface area contributed by atoms with E-state index in [-0.39, 0.29) is 6.03 Å². The summed E-state index contributed by atoms with van der Waals surface area (Å²) in [5.74, 6) is 0. The van der Waals surface area contributed by atoms with Crippen LogP contribution in [0.4, 0.5) is 16.2 Å². The van der Waals surface area contributed by atoms with Crippen molar-refractivity contribution in [2.24, 2.45) is 0 Å². The summed E-state index contributed by atoms with van der Waals surface area (Å²) in [6.07, 6.45) is 0. The van der Waals surface area contributed by atoms with E-state index in [4.69, 9.17) is 0 Å². The molecule has 8 nitrogen and oxygen atoms in total. The first-order chi connectivity index (χ1) is 15.4. The van der Waals surface area contributed by atoms with Crippen molar-refractivity contribution in [1.29, 1.82) is 0 Å². The van der Waals surface area contributed by atoms with Gasteiger partial charge in [-0.2, -0.15) is 0 Å². The highest BCUT2D eigenvalue weighted by Gasteiger charge is 2.13. The smallest absolute Gasteiger partial charge is 0.333 e. The van der Waals surface area contributed by atoms with Gasteiger partial charge in [0.15, 0.2) is 0 Å². The molecule has 4 N–H and O–H groups in total. The number of nitrogens with zero attached hydrogens (tertiary/aromatic N) is 1. The molecule has 0 spiro atoms. The van der Waals surface area contributed by atoms with Gasteiger partial charge in [-0.3, -0.25) is 4.79 Å². The van der Waals surface area contributed by atoms with Crippen LogP contribution in [-0.4, -0.2) is 22.6 Å². The van der Waals surface area contributed by atoms with Gasteiger partial charge < -0.3 is 20.9 Å². The second-order valence-corrected chi connectivity index (χ2v) is 8.77. The summed E-state index contributed by atoms with van der Waals surface area (Å²) in [6, 6.07) is 13.9. The molecule has 0 bridgehead atoms. The maximum absolute atomic E-state index is 13.0. The summed E-state index contributed by atoms with van der Waals surface area (Å²) in [5, 5.41) is 9.00. The van der Waals surface area contributed by atoms with Crippen LogP contribution in [0, 0.1) is 13.8 Å². The Balaban J connectivity index is 1.58. The van der Waals surface area contributed by atoms with E-state index in [0.29, 0.717) is 34.4 Å². The van der Waals surface area contributed by atoms with Crippen LogP contribution in [0.25, 0.3) is 16.6 Å². The van der Waals surface area contributed by atoms with E-state index in [1.54, 1.807) is 61.7 Å². The Morgan fingerprint density at radius 3 is 2.50 bits per heavy atom. The zero-order valence-corrected chi connectivity index (χ0v) is 18.7. The number of amides is 2. The molecular weight excluding hydrogens is 426 g/mol. The number of hydrogen-bond donors (Lipinski definition) is 4. The quantitative estimate of drug-likeness (QED) is 0.372. The zero-order valence-electron chi connectivity index (χ0n) is 17.9. The van der Waals surface area contributed by atoms with Gasteiger partial charge in [-0.15, -0.1) is 11.3 Å². The first-order valence-corrected chi connectivity index (χ1v) is 10.9. The molecule has 2 heterocycles. The van der Waals surface area contributed by atoms with Gasteiger partial charge in [0.25, 0.3) is 5.56 Å². The van der Waals surface area contributed by atoms with E-state index >= 15 is 0 Å². The van der Waals surface area contributed by atoms with E-state index in [0.717, 1.165) is 15.1 Å². The number of fused-ring (bicyclic) bond motifs is 1. The van der Waals surface area contributed by atoms with Gasteiger partial charge in [0.2, 0.25) is 0 Å². The molecule has 2 amide bonds. The molecule has 2 aromatic carbocycles. The van der Waals surface area contributed by atoms with Crippen molar-refractivity contribution in [3.63, 3.8) is 0 Å². The van der Waals surface area contributed by atoms with E-state index < -0.39 is 11.2 Å². The van der Waals surface area contributed by atoms with Crippen LogP contribution < -0.4 is 27.2 Å². The van der Waals surface area contributed by atoms with Crippen molar-refractivity contribution in [3.8, 4) is 5.69 Å². The van der Waals surface area contributed by atoms with Crippen LogP contribution in [0.2, 0.25) is 0 Å². The van der Waals surface area contributed by atoms with Crippen LogP contribution in [0.15, 0.2) is 58.1 Å². The molecule has 0 fully saturated rings. The predicted molar refractivity (Wildman–Crippen MR) is 129 cm³/mol. The number of anilines is 2. The highest BCUT2D eigenvalue weighted by Crippen LogP contribution is 2.19. The Bertz CT molecular complexity index is 1430. The second-order valence-electron chi connectivity index (χ2n) is 7.40. The number of aromatic amines is 1. The number of hydrogen-bond acceptors (Lipinski definition) is 5. The molecule has 4 aromatic rings. The standard InChI is InChI=1S/C23H23N5O3S/c1-13-10-16(26-22(30)25-12-17-7-4-14(2)32-17)6-9-20(13)28-21(29)18-8-5-15(24-3)11-19(18)27-23(28)31/h4-11,24H,12H2,1-3H3,(H,27,31)(H2,25,26,30). The van der Waals surface area contributed by atoms with Crippen LogP contribution in [0.3, 0.4) is 0 Å². The number of thiophene rings is 1. The number of nitrogens with one attached hydrogen (secondary N) is 4. The first kappa shape index (κ1) is 21.4. The van der Waals surface area contributed by atoms with E-state index in [2.05, 4.69) is 20.9 Å². The molecule has 0 aliphatic heterocycles. The van der Waals surface area contributed by atoms with Crippen LogP contribution in [0.1, 0.15) is 15.3 Å². The number of carbonyl (C=O) groups is 1. The lowest BCUT2D eigenvalue weighted by atomic mass is 10.1. The van der Waals surface area contributed by atoms with Gasteiger partial charge >= 0.3 is 11.7 Å². The first-order valence-electron chi connectivity index (χ1n) is 10.0. The Labute approximate surface area is 187 Å². The monoisotopic (exact) mass is 449 g/mol. The highest BCUT2D eigenvalue weighted by atomic mass is 32.1. The van der Waals surface area contributed by atoms with Crippen molar-refractivity contribution < 1.29 is 4.79 Å². The maximum Gasteiger partial charge on any atom is 0.333 e. The van der Waals surface area contributed by atoms with E-state index in [9.17, 15) is 14.4 Å². The summed E-state index contributed by atoms with van der Waals surface area (Å²) in [7, 11) is 1.77. The molecule has 0 radical (unpaired) electrons. The Morgan fingerprint density at radius 2 is 1.81 bits per heavy atom. The second kappa shape index (κ2) is 8.72. The number of H-pyrrole nitrogens is 1. The Morgan fingerprint density at radius 1 is 1.03 bits per heavy atom. The third-order valence-corrected chi connectivity index (χ3v) is 6.10. The molecule has 0 saturated carbocycles. The number of aromatic nitrogens is 2. The third-order valence-electron chi connectivity index (χ3n) is 5.10. The van der Waals surface area contributed by atoms with Gasteiger partial charge in [0.1, 0.15) is 0 Å². The molecule has 164 valence electrons. The summed E-state index contributed by atoms with van der Waals surface area (Å²) in [6.45, 7) is 4.25. The van der Waals surface area contributed by atoms with Crippen molar-refractivity contribution in [3.05, 3.63) is 84.7 Å². The van der Waals surface area contributed by atoms with Gasteiger partial charge in [0, 0.05) is 28.2 Å². The fourth-order valence-corrected chi connectivity index (χ4v) is 4.33. The molecule has 2 aromatic heterocycles. The number of rotatable bonds is 5. The maximum atomic E-state index is 13.0. The summed E-state index contributed by atoms with van der Waals surface area (Å²) >= 11 is 1.63. The highest BCUT2D eigenvalue weighted by molar-refractivity contribution is 7.11. The minimum Gasteiger partial charge on any atom is -0.388 e. The Kier molecular flexibility index (Phi) is 5.83. The predicted octanol–water partition coefficient (Wildman–Crippen LogP) is 3.72. The SMILES string of the molecule is CNc1ccc2c(=O)n(-c3ccc(NC(=O)NCc4ccc(C)s4)cc3C)c(=O)[nH]c2c1. The van der Waals surface area contributed by atoms with E-state index in [1.165, 1.54) is 4.88 Å². The lowest BCUT2D eigenvalue weighted by molar-refractivity contribution is 0.252. The molecule has 0 atom stereocenters. The van der Waals surface area contributed by atoms with E-state index in [1.807, 2.05) is 19.1 Å². The fraction of sp³-hybridized carbons (Fsp3) is 0.174. The lowest BCUT2D eigenvalue weighted by Crippen LogP contribution is -2.34. The molecular formula is C23H23N5O3S. The van der Waals surface area contributed by atoms with Gasteiger partial charge in [-0.1, -0.05) is 0 Å². The van der Waals surface area contributed by atoms with Gasteiger partial charge in [-0.05, 0) is 67.9 Å². The summed E-state index contributed by atoms with van der Waals surface area (Å²) < 4.78 is 1.11. The third kappa shape index (κ3) is 4.28. The minimum atomic E-state index is -0.524. The number of urea groups is 1. The average Bonchev–Trinajstić information content (AvgIpc) is 3.18. The average molecular weight is 450 g/mol. The van der Waals surface area contributed by atoms with Crippen LogP contribution in [0.5, 0.6) is 0 Å². The normalized spacial score (nSPS) is 10.8. The van der Waals surface area contributed by atoms with Crippen molar-refractivity contribution in [2.45, 2.75) is 20.4 Å². The van der Waals surface area contributed by atoms with Crippen LogP contribution >= 0.6 is 11.3 Å². The molecule has 0 aliphatic rings. The van der Waals surface area contributed by atoms with Crippen LogP contribution in [-0.2, 0) is 6.54 Å². The summed E-state index contributed by atoms with van der Waals surface area (Å²) in [5.41, 5.74) is 2.03. The number of aryl methyl sites for hydroxylation is 2. The van der Waals surface area contributed by atoms with Crippen molar-refractivity contribution in [1.82, 2.24) is 14.9 Å². The topological polar surface area (TPSA) is 108 Å². The molecule has 0 aliphatic carbocycles. The fourth-order valence-electron chi connectivity index (χ4n) is 3.50. The number of benzene rings is 2. The van der Waals surface area contributed by atoms with Crippen molar-refractivity contribution >= 4 is 39.6 Å². The zero-order chi connectivity index (χ0) is 22.8. The molecule has 0 unspecified atom stereocenters. The number of carbonyl (C=O) groups excluding carboxylic acids is 1. The van der Waals surface area contributed by atoms with Crippen molar-refractivity contribution in [2.75, 3.05) is 17.7 Å². The molecule has 32 heavy (non-hydrogen) atoms. The molecule has 0 saturated heterocycles. The largest absolute Gasteiger partial charge is 0.388 e. The van der Waals surface area contributed by atoms with Gasteiger partial charge in [-0.25, -0.2) is 14.2 Å². The minimum absolute atomic E-state index is 0.329. The molecule has 4 rings (SSSR count). The molecule has 9 heteroatoms.